The summed E-state index contributed by atoms with van der Waals surface area (Å²) in [5.41, 5.74) is 1.27. The molecule has 0 saturated heterocycles. The third-order valence-electron chi connectivity index (χ3n) is 2.04. The molecule has 0 aromatic rings. The normalized spacial score (nSPS) is 12.6. The van der Waals surface area contributed by atoms with Crippen LogP contribution >= 0.6 is 12.0 Å². The molecule has 0 aromatic carbocycles. The molecule has 0 aromatic heterocycles. The van der Waals surface area contributed by atoms with Crippen LogP contribution in [0.15, 0.2) is 48.3 Å². The maximum absolute atomic E-state index is 5.37. The molecule has 0 atom stereocenters. The van der Waals surface area contributed by atoms with Crippen molar-refractivity contribution in [2.24, 2.45) is 0 Å². The minimum Gasteiger partial charge on any atom is -0.426 e. The smallest absolute Gasteiger partial charge is 0.133 e. The van der Waals surface area contributed by atoms with E-state index in [0.717, 1.165) is 25.0 Å². The molecule has 0 heterocycles. The van der Waals surface area contributed by atoms with E-state index in [9.17, 15) is 0 Å². The van der Waals surface area contributed by atoms with Crippen LogP contribution in [-0.2, 0) is 4.18 Å². The molecule has 0 radical (unpaired) electrons. The zero-order valence-electron chi connectivity index (χ0n) is 10.5. The fourth-order valence-electron chi connectivity index (χ4n) is 1.07. The summed E-state index contributed by atoms with van der Waals surface area (Å²) >= 11 is 1.36. The number of hydrogen-bond acceptors (Lipinski definition) is 2. The van der Waals surface area contributed by atoms with Crippen LogP contribution in [0.25, 0.3) is 0 Å². The largest absolute Gasteiger partial charge is 0.426 e. The van der Waals surface area contributed by atoms with E-state index >= 15 is 0 Å². The minimum atomic E-state index is 0.900. The second-order valence-electron chi connectivity index (χ2n) is 3.37. The standard InChI is InChI=1S/C14H22OS/c1-5-10-14(15-16-4)12-9-7-8-11-13(3)6-2/h5,7-8,10,12H,3,6,9,11H2,1-2,4H3/b8-7+,10-5-,14-12+. The highest BCUT2D eigenvalue weighted by Crippen LogP contribution is 2.10. The third-order valence-corrected chi connectivity index (χ3v) is 2.40. The van der Waals surface area contributed by atoms with Gasteiger partial charge in [0.15, 0.2) is 0 Å². The van der Waals surface area contributed by atoms with E-state index < -0.39 is 0 Å². The molecule has 0 aliphatic rings. The number of rotatable bonds is 8. The molecule has 0 amide bonds. The third kappa shape index (κ3) is 8.42. The van der Waals surface area contributed by atoms with Crippen molar-refractivity contribution in [3.05, 3.63) is 48.3 Å². The SMILES string of the molecule is C=C(CC)C/C=C/C/C=C(\C=C/C)OSC. The van der Waals surface area contributed by atoms with E-state index in [2.05, 4.69) is 31.7 Å². The molecule has 0 bridgehead atoms. The van der Waals surface area contributed by atoms with Crippen LogP contribution in [0, 0.1) is 0 Å². The lowest BCUT2D eigenvalue weighted by molar-refractivity contribution is 0.522. The van der Waals surface area contributed by atoms with E-state index in [0.29, 0.717) is 0 Å². The molecular weight excluding hydrogens is 216 g/mol. The van der Waals surface area contributed by atoms with Crippen LogP contribution in [0.3, 0.4) is 0 Å². The van der Waals surface area contributed by atoms with E-state index in [1.807, 2.05) is 25.3 Å². The Kier molecular flexibility index (Phi) is 10.0. The zero-order valence-corrected chi connectivity index (χ0v) is 11.3. The first-order valence-corrected chi connectivity index (χ1v) is 6.74. The maximum atomic E-state index is 5.37. The van der Waals surface area contributed by atoms with E-state index in [1.165, 1.54) is 17.6 Å². The summed E-state index contributed by atoms with van der Waals surface area (Å²) in [5.74, 6) is 0.911. The van der Waals surface area contributed by atoms with Crippen molar-refractivity contribution < 1.29 is 4.18 Å². The maximum Gasteiger partial charge on any atom is 0.133 e. The van der Waals surface area contributed by atoms with Gasteiger partial charge in [0.05, 0.1) is 12.0 Å². The van der Waals surface area contributed by atoms with Crippen molar-refractivity contribution in [1.82, 2.24) is 0 Å². The van der Waals surface area contributed by atoms with Crippen LogP contribution in [-0.4, -0.2) is 6.26 Å². The van der Waals surface area contributed by atoms with Gasteiger partial charge in [-0.05, 0) is 38.3 Å². The van der Waals surface area contributed by atoms with Crippen molar-refractivity contribution in [1.29, 1.82) is 0 Å². The Labute approximate surface area is 104 Å². The topological polar surface area (TPSA) is 9.23 Å². The minimum absolute atomic E-state index is 0.900. The fraction of sp³-hybridized carbons (Fsp3) is 0.429. The quantitative estimate of drug-likeness (QED) is 0.253. The molecule has 0 N–H and O–H groups in total. The van der Waals surface area contributed by atoms with Gasteiger partial charge in [0, 0.05) is 6.26 Å². The predicted octanol–water partition coefficient (Wildman–Crippen LogP) is 5.04. The second kappa shape index (κ2) is 10.6. The highest BCUT2D eigenvalue weighted by molar-refractivity contribution is 7.94. The molecule has 0 saturated carbocycles. The lowest BCUT2D eigenvalue weighted by Gasteiger charge is -2.00. The van der Waals surface area contributed by atoms with Gasteiger partial charge in [-0.3, -0.25) is 0 Å². The van der Waals surface area contributed by atoms with Crippen LogP contribution in [0.4, 0.5) is 0 Å². The monoisotopic (exact) mass is 238 g/mol. The Bertz CT molecular complexity index is 274. The average Bonchev–Trinajstić information content (AvgIpc) is 2.28. The molecule has 0 fully saturated rings. The Morgan fingerprint density at radius 2 is 2.12 bits per heavy atom. The Morgan fingerprint density at radius 3 is 2.69 bits per heavy atom. The van der Waals surface area contributed by atoms with Gasteiger partial charge in [0.25, 0.3) is 0 Å². The van der Waals surface area contributed by atoms with Crippen molar-refractivity contribution in [2.45, 2.75) is 33.1 Å². The van der Waals surface area contributed by atoms with Gasteiger partial charge in [0.1, 0.15) is 5.76 Å². The highest BCUT2D eigenvalue weighted by Gasteiger charge is 1.90. The first-order chi connectivity index (χ1) is 7.74. The van der Waals surface area contributed by atoms with Crippen molar-refractivity contribution in [3.8, 4) is 0 Å². The average molecular weight is 238 g/mol. The van der Waals surface area contributed by atoms with Crippen LogP contribution in [0.5, 0.6) is 0 Å². The van der Waals surface area contributed by atoms with E-state index in [4.69, 9.17) is 4.18 Å². The van der Waals surface area contributed by atoms with Crippen molar-refractivity contribution >= 4 is 12.0 Å². The van der Waals surface area contributed by atoms with E-state index in [1.54, 1.807) is 0 Å². The van der Waals surface area contributed by atoms with Crippen LogP contribution < -0.4 is 0 Å². The summed E-state index contributed by atoms with van der Waals surface area (Å²) in [6.45, 7) is 8.08. The van der Waals surface area contributed by atoms with Gasteiger partial charge in [0.2, 0.25) is 0 Å². The van der Waals surface area contributed by atoms with Gasteiger partial charge < -0.3 is 4.18 Å². The van der Waals surface area contributed by atoms with Gasteiger partial charge in [-0.1, -0.05) is 37.3 Å². The Balaban J connectivity index is 3.98. The number of hydrogen-bond donors (Lipinski definition) is 0. The molecule has 0 rings (SSSR count). The van der Waals surface area contributed by atoms with Gasteiger partial charge in [-0.2, -0.15) is 0 Å². The Hall–Kier alpha value is -0.890. The van der Waals surface area contributed by atoms with Gasteiger partial charge >= 0.3 is 0 Å². The zero-order chi connectivity index (χ0) is 12.2. The fourth-order valence-corrected chi connectivity index (χ4v) is 1.38. The Morgan fingerprint density at radius 1 is 1.38 bits per heavy atom. The van der Waals surface area contributed by atoms with Crippen LogP contribution in [0.1, 0.15) is 33.1 Å². The summed E-state index contributed by atoms with van der Waals surface area (Å²) in [6.07, 6.45) is 15.2. The predicted molar refractivity (Wildman–Crippen MR) is 75.3 cm³/mol. The first kappa shape index (κ1) is 15.1. The molecule has 0 spiro atoms. The molecule has 1 nitrogen and oxygen atoms in total. The molecule has 90 valence electrons. The molecule has 2 heteroatoms. The summed E-state index contributed by atoms with van der Waals surface area (Å²) in [5, 5.41) is 0. The summed E-state index contributed by atoms with van der Waals surface area (Å²) < 4.78 is 5.37. The summed E-state index contributed by atoms with van der Waals surface area (Å²) in [7, 11) is 0. The molecule has 0 unspecified atom stereocenters. The van der Waals surface area contributed by atoms with Gasteiger partial charge in [-0.25, -0.2) is 0 Å². The summed E-state index contributed by atoms with van der Waals surface area (Å²) in [4.78, 5) is 0. The first-order valence-electron chi connectivity index (χ1n) is 5.59. The molecule has 16 heavy (non-hydrogen) atoms. The highest BCUT2D eigenvalue weighted by atomic mass is 32.2. The van der Waals surface area contributed by atoms with Crippen molar-refractivity contribution in [3.63, 3.8) is 0 Å². The molecule has 0 aliphatic carbocycles. The lowest BCUT2D eigenvalue weighted by atomic mass is 10.1. The van der Waals surface area contributed by atoms with Gasteiger partial charge in [-0.15, -0.1) is 0 Å². The molecule has 0 aliphatic heterocycles. The van der Waals surface area contributed by atoms with Crippen LogP contribution in [0.2, 0.25) is 0 Å². The summed E-state index contributed by atoms with van der Waals surface area (Å²) in [6, 6.07) is 0. The lowest BCUT2D eigenvalue weighted by Crippen LogP contribution is -1.79. The number of allylic oxidation sites excluding steroid dienone is 6. The molecular formula is C14H22OS. The second-order valence-corrected chi connectivity index (χ2v) is 3.87. The van der Waals surface area contributed by atoms with E-state index in [-0.39, 0.29) is 0 Å². The van der Waals surface area contributed by atoms with Crippen molar-refractivity contribution in [2.75, 3.05) is 6.26 Å².